The fraction of sp³-hybridized carbons (Fsp3) is 0.600. The molecule has 1 aliphatic rings. The fourth-order valence-electron chi connectivity index (χ4n) is 2.40. The molecule has 1 heterocycles. The Hall–Kier alpha value is -0.900. The summed E-state index contributed by atoms with van der Waals surface area (Å²) in [4.78, 5) is 0. The van der Waals surface area contributed by atoms with Crippen molar-refractivity contribution in [3.05, 3.63) is 35.4 Å². The number of hydrogen-bond donors (Lipinski definition) is 2. The average molecular weight is 249 g/mol. The second-order valence-electron chi connectivity index (χ2n) is 4.93. The monoisotopic (exact) mass is 249 g/mol. The van der Waals surface area contributed by atoms with Gasteiger partial charge in [-0.1, -0.05) is 24.3 Å². The molecule has 3 nitrogen and oxygen atoms in total. The van der Waals surface area contributed by atoms with Crippen LogP contribution in [0.3, 0.4) is 0 Å². The minimum atomic E-state index is 0.118. The molecular weight excluding hydrogens is 226 g/mol. The van der Waals surface area contributed by atoms with Gasteiger partial charge in [0.25, 0.3) is 0 Å². The van der Waals surface area contributed by atoms with E-state index in [9.17, 15) is 0 Å². The molecule has 2 rings (SSSR count). The highest BCUT2D eigenvalue weighted by Crippen LogP contribution is 2.16. The Morgan fingerprint density at radius 3 is 3.00 bits per heavy atom. The van der Waals surface area contributed by atoms with Crippen LogP contribution in [0.2, 0.25) is 0 Å². The number of rotatable bonds is 7. The van der Waals surface area contributed by atoms with Gasteiger partial charge in [-0.15, -0.1) is 0 Å². The maximum Gasteiger partial charge on any atom is 0.0681 e. The van der Waals surface area contributed by atoms with Crippen LogP contribution in [-0.4, -0.2) is 24.4 Å². The van der Waals surface area contributed by atoms with Crippen molar-refractivity contribution in [1.82, 2.24) is 5.32 Å². The molecule has 1 unspecified atom stereocenters. The highest BCUT2D eigenvalue weighted by molar-refractivity contribution is 5.22. The van der Waals surface area contributed by atoms with Crippen LogP contribution < -0.4 is 5.32 Å². The van der Waals surface area contributed by atoms with Gasteiger partial charge in [0.1, 0.15) is 0 Å². The van der Waals surface area contributed by atoms with Gasteiger partial charge in [0.2, 0.25) is 0 Å². The lowest BCUT2D eigenvalue weighted by Gasteiger charge is -2.10. The summed E-state index contributed by atoms with van der Waals surface area (Å²) in [5.41, 5.74) is 2.22. The van der Waals surface area contributed by atoms with Crippen LogP contribution in [0.1, 0.15) is 36.8 Å². The predicted molar refractivity (Wildman–Crippen MR) is 72.3 cm³/mol. The fourth-order valence-corrected chi connectivity index (χ4v) is 2.40. The third kappa shape index (κ3) is 4.41. The van der Waals surface area contributed by atoms with Crippen molar-refractivity contribution in [1.29, 1.82) is 0 Å². The van der Waals surface area contributed by atoms with Gasteiger partial charge in [0.15, 0.2) is 0 Å². The molecule has 1 atom stereocenters. The summed E-state index contributed by atoms with van der Waals surface area (Å²) < 4.78 is 5.59. The standard InChI is InChI=1S/C15H23NO2/c17-12-14-5-1-4-13(10-14)11-16-8-2-6-15-7-3-9-18-15/h1,4-5,10,15-17H,2-3,6-9,11-12H2. The maximum atomic E-state index is 9.06. The number of aliphatic hydroxyl groups excluding tert-OH is 1. The second-order valence-corrected chi connectivity index (χ2v) is 4.93. The molecule has 0 amide bonds. The van der Waals surface area contributed by atoms with Crippen LogP contribution in [0.15, 0.2) is 24.3 Å². The summed E-state index contributed by atoms with van der Waals surface area (Å²) in [6, 6.07) is 8.08. The molecule has 18 heavy (non-hydrogen) atoms. The Morgan fingerprint density at radius 1 is 1.33 bits per heavy atom. The van der Waals surface area contributed by atoms with Crippen LogP contribution in [0.25, 0.3) is 0 Å². The summed E-state index contributed by atoms with van der Waals surface area (Å²) in [6.07, 6.45) is 5.31. The summed E-state index contributed by atoms with van der Waals surface area (Å²) >= 11 is 0. The summed E-state index contributed by atoms with van der Waals surface area (Å²) in [7, 11) is 0. The van der Waals surface area contributed by atoms with Crippen molar-refractivity contribution < 1.29 is 9.84 Å². The van der Waals surface area contributed by atoms with Crippen molar-refractivity contribution in [2.45, 2.75) is 44.9 Å². The van der Waals surface area contributed by atoms with Crippen LogP contribution in [-0.2, 0) is 17.9 Å². The number of ether oxygens (including phenoxy) is 1. The number of benzene rings is 1. The lowest BCUT2D eigenvalue weighted by atomic mass is 10.1. The Kier molecular flexibility index (Phi) is 5.65. The minimum absolute atomic E-state index is 0.118. The SMILES string of the molecule is OCc1cccc(CNCCCC2CCCO2)c1. The van der Waals surface area contributed by atoms with E-state index in [0.717, 1.165) is 25.3 Å². The molecule has 1 fully saturated rings. The molecule has 1 aromatic carbocycles. The Bertz CT molecular complexity index is 348. The van der Waals surface area contributed by atoms with E-state index in [1.54, 1.807) is 0 Å². The zero-order valence-corrected chi connectivity index (χ0v) is 10.9. The first kappa shape index (κ1) is 13.5. The third-order valence-electron chi connectivity index (χ3n) is 3.41. The largest absolute Gasteiger partial charge is 0.392 e. The van der Waals surface area contributed by atoms with E-state index in [4.69, 9.17) is 9.84 Å². The van der Waals surface area contributed by atoms with Gasteiger partial charge in [-0.25, -0.2) is 0 Å². The van der Waals surface area contributed by atoms with Gasteiger partial charge in [-0.2, -0.15) is 0 Å². The number of nitrogens with one attached hydrogen (secondary N) is 1. The highest BCUT2D eigenvalue weighted by atomic mass is 16.5. The van der Waals surface area contributed by atoms with Crippen molar-refractivity contribution in [3.8, 4) is 0 Å². The van der Waals surface area contributed by atoms with Gasteiger partial charge >= 0.3 is 0 Å². The first-order valence-electron chi connectivity index (χ1n) is 6.89. The molecule has 1 saturated heterocycles. The molecule has 0 spiro atoms. The number of hydrogen-bond acceptors (Lipinski definition) is 3. The lowest BCUT2D eigenvalue weighted by molar-refractivity contribution is 0.102. The quantitative estimate of drug-likeness (QED) is 0.728. The summed E-state index contributed by atoms with van der Waals surface area (Å²) in [6.45, 7) is 2.97. The van der Waals surface area contributed by atoms with Gasteiger partial charge in [0.05, 0.1) is 12.7 Å². The van der Waals surface area contributed by atoms with Crippen LogP contribution in [0.5, 0.6) is 0 Å². The minimum Gasteiger partial charge on any atom is -0.392 e. The number of aliphatic hydroxyl groups is 1. The third-order valence-corrected chi connectivity index (χ3v) is 3.41. The molecule has 3 heteroatoms. The Labute approximate surface area is 109 Å². The highest BCUT2D eigenvalue weighted by Gasteiger charge is 2.14. The molecule has 0 radical (unpaired) electrons. The van der Waals surface area contributed by atoms with Gasteiger partial charge in [-0.05, 0) is 43.4 Å². The molecule has 100 valence electrons. The molecule has 0 saturated carbocycles. The first-order chi connectivity index (χ1) is 8.88. The lowest BCUT2D eigenvalue weighted by Crippen LogP contribution is -2.17. The van der Waals surface area contributed by atoms with E-state index in [2.05, 4.69) is 11.4 Å². The molecule has 0 aromatic heterocycles. The van der Waals surface area contributed by atoms with Crippen molar-refractivity contribution in [2.75, 3.05) is 13.2 Å². The van der Waals surface area contributed by atoms with Crippen molar-refractivity contribution >= 4 is 0 Å². The Morgan fingerprint density at radius 2 is 2.22 bits per heavy atom. The molecule has 1 aliphatic heterocycles. The van der Waals surface area contributed by atoms with E-state index in [1.165, 1.54) is 31.2 Å². The smallest absolute Gasteiger partial charge is 0.0681 e. The maximum absolute atomic E-state index is 9.06. The van der Waals surface area contributed by atoms with E-state index >= 15 is 0 Å². The molecule has 0 bridgehead atoms. The summed E-state index contributed by atoms with van der Waals surface area (Å²) in [5, 5.41) is 12.5. The van der Waals surface area contributed by atoms with Crippen LogP contribution in [0, 0.1) is 0 Å². The average Bonchev–Trinajstić information content (AvgIpc) is 2.92. The molecule has 2 N–H and O–H groups in total. The Balaban J connectivity index is 1.59. The first-order valence-corrected chi connectivity index (χ1v) is 6.89. The molecular formula is C15H23NO2. The van der Waals surface area contributed by atoms with Crippen LogP contribution in [0.4, 0.5) is 0 Å². The van der Waals surface area contributed by atoms with E-state index in [1.807, 2.05) is 18.2 Å². The normalized spacial score (nSPS) is 19.3. The van der Waals surface area contributed by atoms with Crippen molar-refractivity contribution in [3.63, 3.8) is 0 Å². The zero-order valence-electron chi connectivity index (χ0n) is 10.9. The van der Waals surface area contributed by atoms with E-state index in [-0.39, 0.29) is 6.61 Å². The van der Waals surface area contributed by atoms with Gasteiger partial charge in [-0.3, -0.25) is 0 Å². The molecule has 0 aliphatic carbocycles. The van der Waals surface area contributed by atoms with Gasteiger partial charge < -0.3 is 15.2 Å². The van der Waals surface area contributed by atoms with Gasteiger partial charge in [0, 0.05) is 13.2 Å². The van der Waals surface area contributed by atoms with E-state index in [0.29, 0.717) is 6.10 Å². The predicted octanol–water partition coefficient (Wildman–Crippen LogP) is 2.23. The second kappa shape index (κ2) is 7.52. The zero-order chi connectivity index (χ0) is 12.6. The summed E-state index contributed by atoms with van der Waals surface area (Å²) in [5.74, 6) is 0. The van der Waals surface area contributed by atoms with Crippen LogP contribution >= 0.6 is 0 Å². The topological polar surface area (TPSA) is 41.5 Å². The molecule has 1 aromatic rings. The van der Waals surface area contributed by atoms with Crippen molar-refractivity contribution in [2.24, 2.45) is 0 Å². The van der Waals surface area contributed by atoms with E-state index < -0.39 is 0 Å².